The summed E-state index contributed by atoms with van der Waals surface area (Å²) in [5.41, 5.74) is 1.98. The molecule has 1 aromatic carbocycles. The number of rotatable bonds is 6. The molecule has 0 saturated carbocycles. The van der Waals surface area contributed by atoms with Gasteiger partial charge in [-0.05, 0) is 49.7 Å². The van der Waals surface area contributed by atoms with E-state index >= 15 is 0 Å². The number of benzene rings is 1. The summed E-state index contributed by atoms with van der Waals surface area (Å²) >= 11 is 0. The van der Waals surface area contributed by atoms with E-state index in [9.17, 15) is 4.79 Å². The number of anilines is 1. The number of nitrogens with one attached hydrogen (secondary N) is 1. The van der Waals surface area contributed by atoms with Crippen LogP contribution in [0, 0.1) is 0 Å². The van der Waals surface area contributed by atoms with E-state index in [1.54, 1.807) is 24.5 Å². The third-order valence-corrected chi connectivity index (χ3v) is 5.23. The molecule has 4 rings (SSSR count). The van der Waals surface area contributed by atoms with Gasteiger partial charge < -0.3 is 9.64 Å². The molecule has 0 aliphatic carbocycles. The Bertz CT molecular complexity index is 1030. The van der Waals surface area contributed by atoms with E-state index in [2.05, 4.69) is 30.9 Å². The molecule has 8 nitrogen and oxygen atoms in total. The first-order valence-corrected chi connectivity index (χ1v) is 10.1. The van der Waals surface area contributed by atoms with Crippen molar-refractivity contribution in [2.75, 3.05) is 32.1 Å². The van der Waals surface area contributed by atoms with Crippen LogP contribution in [-0.4, -0.2) is 52.0 Å². The van der Waals surface area contributed by atoms with Crippen molar-refractivity contribution in [2.24, 2.45) is 0 Å². The molecule has 0 unspecified atom stereocenters. The van der Waals surface area contributed by atoms with Gasteiger partial charge in [-0.2, -0.15) is 0 Å². The first kappa shape index (κ1) is 20.0. The minimum Gasteiger partial charge on any atom is -0.424 e. The van der Waals surface area contributed by atoms with E-state index in [0.717, 1.165) is 43.9 Å². The molecule has 0 bridgehead atoms. The van der Waals surface area contributed by atoms with Crippen LogP contribution in [0.3, 0.4) is 0 Å². The summed E-state index contributed by atoms with van der Waals surface area (Å²) in [6.45, 7) is 2.78. The quantitative estimate of drug-likeness (QED) is 0.673. The summed E-state index contributed by atoms with van der Waals surface area (Å²) in [7, 11) is 3.76. The summed E-state index contributed by atoms with van der Waals surface area (Å²) in [5.74, 6) is 1.66. The standard InChI is InChI=1S/C22H26N6O2/c1-27(2)21-25-19(14-20(29)26-21)17-7-11-28(12-8-17)15-16-5-3-6-18(13-16)30-22-23-9-4-10-24-22/h3-6,9-10,13-14,17H,7-8,11-12,15H2,1-2H3,(H,25,26,29). The average molecular weight is 406 g/mol. The number of H-pyrrole nitrogens is 1. The Balaban J connectivity index is 1.36. The van der Waals surface area contributed by atoms with Crippen LogP contribution in [0.5, 0.6) is 11.8 Å². The molecule has 3 aromatic rings. The van der Waals surface area contributed by atoms with Crippen LogP contribution in [0.2, 0.25) is 0 Å². The molecule has 0 amide bonds. The molecule has 156 valence electrons. The topological polar surface area (TPSA) is 87.2 Å². The highest BCUT2D eigenvalue weighted by molar-refractivity contribution is 5.31. The Labute approximate surface area is 175 Å². The van der Waals surface area contributed by atoms with Crippen LogP contribution in [0.25, 0.3) is 0 Å². The smallest absolute Gasteiger partial charge is 0.321 e. The molecule has 1 N–H and O–H groups in total. The van der Waals surface area contributed by atoms with E-state index in [-0.39, 0.29) is 5.56 Å². The lowest BCUT2D eigenvalue weighted by Crippen LogP contribution is -2.33. The first-order chi connectivity index (χ1) is 14.6. The maximum atomic E-state index is 12.0. The van der Waals surface area contributed by atoms with E-state index in [4.69, 9.17) is 4.74 Å². The highest BCUT2D eigenvalue weighted by atomic mass is 16.5. The van der Waals surface area contributed by atoms with Crippen LogP contribution in [0.4, 0.5) is 5.95 Å². The normalized spacial score (nSPS) is 15.1. The largest absolute Gasteiger partial charge is 0.424 e. The number of nitrogens with zero attached hydrogens (tertiary/aromatic N) is 5. The molecule has 1 aliphatic heterocycles. The van der Waals surface area contributed by atoms with Gasteiger partial charge in [-0.15, -0.1) is 0 Å². The van der Waals surface area contributed by atoms with Crippen molar-refractivity contribution in [2.45, 2.75) is 25.3 Å². The number of aromatic nitrogens is 4. The van der Waals surface area contributed by atoms with Gasteiger partial charge >= 0.3 is 6.01 Å². The van der Waals surface area contributed by atoms with Gasteiger partial charge in [0.05, 0.1) is 5.69 Å². The lowest BCUT2D eigenvalue weighted by molar-refractivity contribution is 0.203. The SMILES string of the molecule is CN(C)c1nc(C2CCN(Cc3cccc(Oc4ncccn4)c3)CC2)cc(=O)[nH]1. The monoisotopic (exact) mass is 406 g/mol. The van der Waals surface area contributed by atoms with Crippen molar-refractivity contribution >= 4 is 5.95 Å². The van der Waals surface area contributed by atoms with Crippen LogP contribution in [-0.2, 0) is 6.54 Å². The molecular weight excluding hydrogens is 380 g/mol. The number of hydrogen-bond acceptors (Lipinski definition) is 7. The molecule has 0 spiro atoms. The van der Waals surface area contributed by atoms with Crippen LogP contribution >= 0.6 is 0 Å². The summed E-state index contributed by atoms with van der Waals surface area (Å²) in [4.78, 5) is 31.9. The predicted molar refractivity (Wildman–Crippen MR) is 115 cm³/mol. The number of likely N-dealkylation sites (tertiary alicyclic amines) is 1. The highest BCUT2D eigenvalue weighted by Gasteiger charge is 2.23. The molecule has 1 saturated heterocycles. The third kappa shape index (κ3) is 5.01. The Kier molecular flexibility index (Phi) is 6.04. The highest BCUT2D eigenvalue weighted by Crippen LogP contribution is 2.28. The molecule has 3 heterocycles. The second-order valence-corrected chi connectivity index (χ2v) is 7.72. The lowest BCUT2D eigenvalue weighted by Gasteiger charge is -2.32. The minimum atomic E-state index is -0.0923. The van der Waals surface area contributed by atoms with E-state index in [1.807, 2.05) is 37.2 Å². The molecule has 30 heavy (non-hydrogen) atoms. The van der Waals surface area contributed by atoms with E-state index in [1.165, 1.54) is 5.56 Å². The van der Waals surface area contributed by atoms with Gasteiger partial charge in [0.1, 0.15) is 5.75 Å². The Morgan fingerprint density at radius 3 is 2.63 bits per heavy atom. The van der Waals surface area contributed by atoms with Crippen molar-refractivity contribution in [1.82, 2.24) is 24.8 Å². The summed E-state index contributed by atoms with van der Waals surface area (Å²) in [6.07, 6.45) is 5.29. The zero-order valence-corrected chi connectivity index (χ0v) is 17.3. The van der Waals surface area contributed by atoms with Crippen LogP contribution < -0.4 is 15.2 Å². The number of aromatic amines is 1. The molecular formula is C22H26N6O2. The Morgan fingerprint density at radius 1 is 1.13 bits per heavy atom. The molecule has 2 aromatic heterocycles. The zero-order chi connectivity index (χ0) is 20.9. The molecule has 0 atom stereocenters. The van der Waals surface area contributed by atoms with Gasteiger partial charge in [-0.1, -0.05) is 12.1 Å². The van der Waals surface area contributed by atoms with Crippen molar-refractivity contribution < 1.29 is 4.74 Å². The fourth-order valence-electron chi connectivity index (χ4n) is 3.68. The van der Waals surface area contributed by atoms with E-state index < -0.39 is 0 Å². The molecule has 0 radical (unpaired) electrons. The van der Waals surface area contributed by atoms with Crippen LogP contribution in [0.15, 0.2) is 53.6 Å². The fourth-order valence-corrected chi connectivity index (χ4v) is 3.68. The van der Waals surface area contributed by atoms with Gasteiger partial charge in [0, 0.05) is 45.0 Å². The fraction of sp³-hybridized carbons (Fsp3) is 0.364. The van der Waals surface area contributed by atoms with Crippen molar-refractivity contribution in [1.29, 1.82) is 0 Å². The predicted octanol–water partition coefficient (Wildman–Crippen LogP) is 2.80. The second-order valence-electron chi connectivity index (χ2n) is 7.72. The Morgan fingerprint density at radius 2 is 1.90 bits per heavy atom. The van der Waals surface area contributed by atoms with Crippen molar-refractivity contribution in [3.8, 4) is 11.8 Å². The maximum Gasteiger partial charge on any atom is 0.321 e. The van der Waals surface area contributed by atoms with Crippen molar-refractivity contribution in [3.63, 3.8) is 0 Å². The first-order valence-electron chi connectivity index (χ1n) is 10.1. The average Bonchev–Trinajstić information content (AvgIpc) is 2.75. The third-order valence-electron chi connectivity index (χ3n) is 5.23. The number of piperidine rings is 1. The Hall–Kier alpha value is -3.26. The maximum absolute atomic E-state index is 12.0. The molecule has 8 heteroatoms. The summed E-state index contributed by atoms with van der Waals surface area (Å²) in [5, 5.41) is 0. The van der Waals surface area contributed by atoms with Gasteiger partial charge in [0.2, 0.25) is 5.95 Å². The molecule has 1 aliphatic rings. The van der Waals surface area contributed by atoms with E-state index in [0.29, 0.717) is 17.9 Å². The van der Waals surface area contributed by atoms with Gasteiger partial charge in [0.15, 0.2) is 0 Å². The number of hydrogen-bond donors (Lipinski definition) is 1. The van der Waals surface area contributed by atoms with Gasteiger partial charge in [-0.3, -0.25) is 14.7 Å². The van der Waals surface area contributed by atoms with Crippen LogP contribution in [0.1, 0.15) is 30.0 Å². The van der Waals surface area contributed by atoms with Gasteiger partial charge in [0.25, 0.3) is 5.56 Å². The minimum absolute atomic E-state index is 0.0923. The second kappa shape index (κ2) is 9.04. The lowest BCUT2D eigenvalue weighted by atomic mass is 9.93. The number of ether oxygens (including phenoxy) is 1. The van der Waals surface area contributed by atoms with Gasteiger partial charge in [-0.25, -0.2) is 15.0 Å². The summed E-state index contributed by atoms with van der Waals surface area (Å²) < 4.78 is 5.74. The zero-order valence-electron chi connectivity index (χ0n) is 17.3. The molecule has 1 fully saturated rings. The van der Waals surface area contributed by atoms with Crippen molar-refractivity contribution in [3.05, 3.63) is 70.4 Å². The summed E-state index contributed by atoms with van der Waals surface area (Å²) in [6, 6.07) is 11.8.